The predicted molar refractivity (Wildman–Crippen MR) is 91.4 cm³/mol. The number of halogens is 1. The fourth-order valence-corrected chi connectivity index (χ4v) is 3.08. The van der Waals surface area contributed by atoms with Crippen LogP contribution in [0, 0.1) is 6.92 Å². The number of hydrogen-bond acceptors (Lipinski definition) is 3. The standard InChI is InChI=1S/C17H18ClN3O2/c1-12-10-14(18)3-4-15(12)20-6-8-21(9-7-20)17(23)13-2-5-16(22)19-11-13/h2-5,10-11H,6-9H2,1H3,(H,19,22). The molecule has 1 aliphatic heterocycles. The molecule has 2 heterocycles. The van der Waals surface area contributed by atoms with Crippen LogP contribution in [0.15, 0.2) is 41.3 Å². The number of nitrogens with zero attached hydrogens (tertiary/aromatic N) is 2. The Hall–Kier alpha value is -2.27. The fraction of sp³-hybridized carbons (Fsp3) is 0.294. The van der Waals surface area contributed by atoms with Gasteiger partial charge in [0, 0.05) is 49.2 Å². The molecule has 23 heavy (non-hydrogen) atoms. The summed E-state index contributed by atoms with van der Waals surface area (Å²) >= 11 is 6.00. The molecule has 0 atom stereocenters. The largest absolute Gasteiger partial charge is 0.368 e. The molecular formula is C17H18ClN3O2. The highest BCUT2D eigenvalue weighted by atomic mass is 35.5. The van der Waals surface area contributed by atoms with Crippen LogP contribution in [-0.2, 0) is 0 Å². The van der Waals surface area contributed by atoms with Gasteiger partial charge in [-0.3, -0.25) is 9.59 Å². The monoisotopic (exact) mass is 331 g/mol. The maximum atomic E-state index is 12.4. The third kappa shape index (κ3) is 3.40. The van der Waals surface area contributed by atoms with Crippen molar-refractivity contribution in [1.82, 2.24) is 9.88 Å². The number of H-pyrrole nitrogens is 1. The van der Waals surface area contributed by atoms with E-state index in [2.05, 4.69) is 9.88 Å². The number of carbonyl (C=O) groups excluding carboxylic acids is 1. The van der Waals surface area contributed by atoms with E-state index in [0.717, 1.165) is 29.4 Å². The lowest BCUT2D eigenvalue weighted by Gasteiger charge is -2.36. The molecule has 1 aromatic carbocycles. The minimum absolute atomic E-state index is 0.0475. The SMILES string of the molecule is Cc1cc(Cl)ccc1N1CCN(C(=O)c2ccc(=O)[nH]c2)CC1. The van der Waals surface area contributed by atoms with Crippen LogP contribution in [0.1, 0.15) is 15.9 Å². The van der Waals surface area contributed by atoms with Gasteiger partial charge in [-0.2, -0.15) is 0 Å². The number of benzene rings is 1. The summed E-state index contributed by atoms with van der Waals surface area (Å²) in [5.41, 5.74) is 2.61. The Morgan fingerprint density at radius 3 is 2.48 bits per heavy atom. The van der Waals surface area contributed by atoms with Crippen molar-refractivity contribution in [1.29, 1.82) is 0 Å². The van der Waals surface area contributed by atoms with Crippen LogP contribution in [-0.4, -0.2) is 42.0 Å². The Morgan fingerprint density at radius 2 is 1.87 bits per heavy atom. The second kappa shape index (κ2) is 6.46. The topological polar surface area (TPSA) is 56.4 Å². The van der Waals surface area contributed by atoms with E-state index in [1.165, 1.54) is 12.3 Å². The first-order chi connectivity index (χ1) is 11.0. The van der Waals surface area contributed by atoms with Crippen LogP contribution in [0.3, 0.4) is 0 Å². The summed E-state index contributed by atoms with van der Waals surface area (Å²) in [5, 5.41) is 0.734. The second-order valence-electron chi connectivity index (χ2n) is 5.65. The van der Waals surface area contributed by atoms with Gasteiger partial charge in [0.2, 0.25) is 5.56 Å². The normalized spacial score (nSPS) is 14.9. The van der Waals surface area contributed by atoms with Crippen molar-refractivity contribution in [2.45, 2.75) is 6.92 Å². The molecule has 0 unspecified atom stereocenters. The molecule has 1 fully saturated rings. The number of piperazine rings is 1. The Bertz CT molecular complexity index is 759. The Balaban J connectivity index is 1.67. The van der Waals surface area contributed by atoms with Gasteiger partial charge in [0.15, 0.2) is 0 Å². The molecule has 1 aliphatic rings. The number of rotatable bonds is 2. The zero-order valence-electron chi connectivity index (χ0n) is 12.9. The molecule has 1 aromatic heterocycles. The number of amides is 1. The molecule has 0 aliphatic carbocycles. The smallest absolute Gasteiger partial charge is 0.255 e. The third-order valence-corrected chi connectivity index (χ3v) is 4.33. The summed E-state index contributed by atoms with van der Waals surface area (Å²) in [6.45, 7) is 4.90. The molecule has 0 radical (unpaired) electrons. The highest BCUT2D eigenvalue weighted by molar-refractivity contribution is 6.30. The fourth-order valence-electron chi connectivity index (χ4n) is 2.85. The maximum absolute atomic E-state index is 12.4. The van der Waals surface area contributed by atoms with Gasteiger partial charge in [0.05, 0.1) is 5.56 Å². The van der Waals surface area contributed by atoms with E-state index in [1.54, 1.807) is 6.07 Å². The van der Waals surface area contributed by atoms with Crippen LogP contribution in [0.2, 0.25) is 5.02 Å². The molecule has 1 amide bonds. The van der Waals surface area contributed by atoms with Crippen LogP contribution >= 0.6 is 11.6 Å². The predicted octanol–water partition coefficient (Wildman–Crippen LogP) is 2.30. The number of hydrogen-bond donors (Lipinski definition) is 1. The van der Waals surface area contributed by atoms with Crippen molar-refractivity contribution >= 4 is 23.2 Å². The number of nitrogens with one attached hydrogen (secondary N) is 1. The van der Waals surface area contributed by atoms with Gasteiger partial charge < -0.3 is 14.8 Å². The van der Waals surface area contributed by atoms with E-state index in [0.29, 0.717) is 18.7 Å². The summed E-state index contributed by atoms with van der Waals surface area (Å²) in [4.78, 5) is 30.1. The first kappa shape index (κ1) is 15.6. The Morgan fingerprint density at radius 1 is 1.13 bits per heavy atom. The van der Waals surface area contributed by atoms with Crippen molar-refractivity contribution in [2.75, 3.05) is 31.1 Å². The minimum atomic E-state index is -0.204. The van der Waals surface area contributed by atoms with Crippen LogP contribution in [0.5, 0.6) is 0 Å². The summed E-state index contributed by atoms with van der Waals surface area (Å²) in [6, 6.07) is 8.81. The zero-order chi connectivity index (χ0) is 16.4. The van der Waals surface area contributed by atoms with Gasteiger partial charge in [-0.15, -0.1) is 0 Å². The molecule has 1 saturated heterocycles. The first-order valence-electron chi connectivity index (χ1n) is 7.54. The summed E-state index contributed by atoms with van der Waals surface area (Å²) in [7, 11) is 0. The summed E-state index contributed by atoms with van der Waals surface area (Å²) in [5.74, 6) is -0.0475. The molecule has 120 valence electrons. The van der Waals surface area contributed by atoms with Gasteiger partial charge in [0.1, 0.15) is 0 Å². The van der Waals surface area contributed by atoms with E-state index in [4.69, 9.17) is 11.6 Å². The minimum Gasteiger partial charge on any atom is -0.368 e. The number of aryl methyl sites for hydroxylation is 1. The maximum Gasteiger partial charge on any atom is 0.255 e. The lowest BCUT2D eigenvalue weighted by Crippen LogP contribution is -2.49. The zero-order valence-corrected chi connectivity index (χ0v) is 13.6. The van der Waals surface area contributed by atoms with Crippen LogP contribution in [0.25, 0.3) is 0 Å². The average Bonchev–Trinajstić information content (AvgIpc) is 2.55. The van der Waals surface area contributed by atoms with E-state index >= 15 is 0 Å². The van der Waals surface area contributed by atoms with Gasteiger partial charge in [-0.1, -0.05) is 11.6 Å². The van der Waals surface area contributed by atoms with Crippen LogP contribution in [0.4, 0.5) is 5.69 Å². The summed E-state index contributed by atoms with van der Waals surface area (Å²) < 4.78 is 0. The van der Waals surface area contributed by atoms with Crippen molar-refractivity contribution in [2.24, 2.45) is 0 Å². The summed E-state index contributed by atoms with van der Waals surface area (Å²) in [6.07, 6.45) is 1.47. The van der Waals surface area contributed by atoms with E-state index in [9.17, 15) is 9.59 Å². The van der Waals surface area contributed by atoms with Gasteiger partial charge >= 0.3 is 0 Å². The highest BCUT2D eigenvalue weighted by Gasteiger charge is 2.23. The van der Waals surface area contributed by atoms with Gasteiger partial charge in [0.25, 0.3) is 5.91 Å². The van der Waals surface area contributed by atoms with E-state index in [1.807, 2.05) is 30.0 Å². The molecule has 6 heteroatoms. The van der Waals surface area contributed by atoms with Crippen molar-refractivity contribution in [3.63, 3.8) is 0 Å². The number of carbonyl (C=O) groups is 1. The van der Waals surface area contributed by atoms with Gasteiger partial charge in [-0.05, 0) is 36.8 Å². The average molecular weight is 332 g/mol. The number of anilines is 1. The Labute approximate surface area is 139 Å². The molecule has 2 aromatic rings. The molecule has 1 N–H and O–H groups in total. The van der Waals surface area contributed by atoms with Crippen molar-refractivity contribution in [3.8, 4) is 0 Å². The molecule has 0 spiro atoms. The second-order valence-corrected chi connectivity index (χ2v) is 6.09. The molecular weight excluding hydrogens is 314 g/mol. The number of aromatic amines is 1. The quantitative estimate of drug-likeness (QED) is 0.918. The number of pyridine rings is 1. The lowest BCUT2D eigenvalue weighted by atomic mass is 10.1. The van der Waals surface area contributed by atoms with E-state index in [-0.39, 0.29) is 11.5 Å². The Kier molecular flexibility index (Phi) is 4.39. The van der Waals surface area contributed by atoms with Gasteiger partial charge in [-0.25, -0.2) is 0 Å². The van der Waals surface area contributed by atoms with E-state index < -0.39 is 0 Å². The van der Waals surface area contributed by atoms with Crippen LogP contribution < -0.4 is 10.5 Å². The third-order valence-electron chi connectivity index (χ3n) is 4.10. The first-order valence-corrected chi connectivity index (χ1v) is 7.91. The number of aromatic nitrogens is 1. The molecule has 0 bridgehead atoms. The lowest BCUT2D eigenvalue weighted by molar-refractivity contribution is 0.0746. The molecule has 0 saturated carbocycles. The van der Waals surface area contributed by atoms with Crippen molar-refractivity contribution in [3.05, 3.63) is 63.0 Å². The molecule has 5 nitrogen and oxygen atoms in total. The molecule has 3 rings (SSSR count). The van der Waals surface area contributed by atoms with Crippen molar-refractivity contribution < 1.29 is 4.79 Å². The highest BCUT2D eigenvalue weighted by Crippen LogP contribution is 2.24.